The van der Waals surface area contributed by atoms with E-state index in [9.17, 15) is 9.59 Å². The minimum Gasteiger partial charge on any atom is -0.474 e. The van der Waals surface area contributed by atoms with Gasteiger partial charge in [0.2, 0.25) is 0 Å². The second-order valence-corrected chi connectivity index (χ2v) is 3.84. The van der Waals surface area contributed by atoms with Gasteiger partial charge in [-0.1, -0.05) is 0 Å². The van der Waals surface area contributed by atoms with Gasteiger partial charge in [-0.25, -0.2) is 4.79 Å². The Morgan fingerprint density at radius 2 is 2.08 bits per heavy atom. The molecule has 0 saturated heterocycles. The van der Waals surface area contributed by atoms with Crippen LogP contribution in [0.25, 0.3) is 0 Å². The number of amides is 1. The molecule has 0 aromatic heterocycles. The van der Waals surface area contributed by atoms with E-state index in [0.29, 0.717) is 0 Å². The number of carbonyl (C=O) groups excluding carboxylic acids is 1. The van der Waals surface area contributed by atoms with Crippen LogP contribution in [0.1, 0.15) is 13.3 Å². The number of hydrogen-bond acceptors (Lipinski definition) is 3. The second-order valence-electron chi connectivity index (χ2n) is 2.85. The molecule has 0 saturated carbocycles. The Balaban J connectivity index is 4.01. The molecule has 0 bridgehead atoms. The number of thioether (sulfide) groups is 1. The summed E-state index contributed by atoms with van der Waals surface area (Å²) in [6, 6.07) is -0.0175. The van der Waals surface area contributed by atoms with E-state index in [1.807, 2.05) is 13.2 Å². The number of carboxylic acid groups (broad SMARTS) is 1. The van der Waals surface area contributed by atoms with Crippen molar-refractivity contribution in [1.29, 1.82) is 0 Å². The van der Waals surface area contributed by atoms with E-state index in [0.717, 1.165) is 12.2 Å². The summed E-state index contributed by atoms with van der Waals surface area (Å²) in [5.74, 6) is -1.30. The fourth-order valence-electron chi connectivity index (χ4n) is 0.833. The Morgan fingerprint density at radius 1 is 1.54 bits per heavy atom. The van der Waals surface area contributed by atoms with Crippen LogP contribution in [0.3, 0.4) is 0 Å². The van der Waals surface area contributed by atoms with Crippen LogP contribution in [0.4, 0.5) is 0 Å². The average molecular weight is 205 g/mol. The molecule has 0 aliphatic heterocycles. The van der Waals surface area contributed by atoms with Gasteiger partial charge < -0.3 is 10.0 Å². The third-order valence-corrected chi connectivity index (χ3v) is 2.55. The molecule has 0 fully saturated rings. The summed E-state index contributed by atoms with van der Waals surface area (Å²) in [4.78, 5) is 22.6. The van der Waals surface area contributed by atoms with Gasteiger partial charge in [0.1, 0.15) is 0 Å². The van der Waals surface area contributed by atoms with Gasteiger partial charge in [-0.3, -0.25) is 4.79 Å². The van der Waals surface area contributed by atoms with E-state index in [4.69, 9.17) is 5.11 Å². The first-order valence-electron chi connectivity index (χ1n) is 3.99. The first kappa shape index (κ1) is 12.3. The van der Waals surface area contributed by atoms with Gasteiger partial charge in [0.05, 0.1) is 0 Å². The molecule has 0 aromatic rings. The number of likely N-dealkylation sites (N-methyl/N-ethyl adjacent to an activating group) is 1. The smallest absolute Gasteiger partial charge is 0.394 e. The molecule has 0 spiro atoms. The molecule has 0 rings (SSSR count). The van der Waals surface area contributed by atoms with Crippen LogP contribution in [0, 0.1) is 0 Å². The van der Waals surface area contributed by atoms with Crippen LogP contribution in [-0.2, 0) is 9.59 Å². The maximum absolute atomic E-state index is 11.0. The van der Waals surface area contributed by atoms with Gasteiger partial charge in [0.15, 0.2) is 0 Å². The van der Waals surface area contributed by atoms with E-state index in [1.165, 1.54) is 11.9 Å². The fourth-order valence-corrected chi connectivity index (χ4v) is 1.41. The molecule has 76 valence electrons. The summed E-state index contributed by atoms with van der Waals surface area (Å²) in [6.45, 7) is 1.84. The number of hydrogen-bond donors (Lipinski definition) is 1. The largest absolute Gasteiger partial charge is 0.474 e. The number of aliphatic carboxylic acids is 1. The van der Waals surface area contributed by atoms with Crippen molar-refractivity contribution >= 4 is 23.6 Å². The van der Waals surface area contributed by atoms with Crippen molar-refractivity contribution in [3.05, 3.63) is 0 Å². The lowest BCUT2D eigenvalue weighted by Crippen LogP contribution is -2.39. The van der Waals surface area contributed by atoms with Gasteiger partial charge >= 0.3 is 11.9 Å². The molecule has 4 nitrogen and oxygen atoms in total. The van der Waals surface area contributed by atoms with Gasteiger partial charge in [-0.15, -0.1) is 0 Å². The van der Waals surface area contributed by atoms with E-state index in [2.05, 4.69) is 0 Å². The lowest BCUT2D eigenvalue weighted by Gasteiger charge is -2.22. The van der Waals surface area contributed by atoms with Crippen molar-refractivity contribution in [3.8, 4) is 0 Å². The van der Waals surface area contributed by atoms with Gasteiger partial charge in [-0.2, -0.15) is 11.8 Å². The highest BCUT2D eigenvalue weighted by atomic mass is 32.2. The number of nitrogens with zero attached hydrogens (tertiary/aromatic N) is 1. The Kier molecular flexibility index (Phi) is 5.53. The molecule has 1 amide bonds. The molecule has 0 aromatic carbocycles. The van der Waals surface area contributed by atoms with Crippen LogP contribution < -0.4 is 0 Å². The molecule has 0 aliphatic rings. The molecule has 0 radical (unpaired) electrons. The highest BCUT2D eigenvalue weighted by Crippen LogP contribution is 2.05. The fraction of sp³-hybridized carbons (Fsp3) is 0.750. The zero-order valence-electron chi connectivity index (χ0n) is 8.11. The van der Waals surface area contributed by atoms with Crippen molar-refractivity contribution in [2.24, 2.45) is 0 Å². The Hall–Kier alpha value is -0.710. The third-order valence-electron chi connectivity index (χ3n) is 1.90. The van der Waals surface area contributed by atoms with Crippen LogP contribution in [0.15, 0.2) is 0 Å². The van der Waals surface area contributed by atoms with E-state index < -0.39 is 11.9 Å². The molecule has 5 heteroatoms. The summed E-state index contributed by atoms with van der Waals surface area (Å²) in [6.07, 6.45) is 2.79. The van der Waals surface area contributed by atoms with Crippen LogP contribution in [0.5, 0.6) is 0 Å². The highest BCUT2D eigenvalue weighted by molar-refractivity contribution is 7.98. The van der Waals surface area contributed by atoms with Gasteiger partial charge in [-0.05, 0) is 25.4 Å². The number of carbonyl (C=O) groups is 2. The number of carboxylic acids is 1. The molecule has 0 heterocycles. The zero-order valence-corrected chi connectivity index (χ0v) is 8.93. The SMILES string of the molecule is CSCCC(C)N(C)C(=O)C(=O)O. The molecule has 1 atom stereocenters. The molecule has 1 unspecified atom stereocenters. The monoisotopic (exact) mass is 205 g/mol. The van der Waals surface area contributed by atoms with E-state index in [1.54, 1.807) is 11.8 Å². The predicted octanol–water partition coefficient (Wildman–Crippen LogP) is 0.671. The van der Waals surface area contributed by atoms with Gasteiger partial charge in [0, 0.05) is 13.1 Å². The predicted molar refractivity (Wildman–Crippen MR) is 52.9 cm³/mol. The third kappa shape index (κ3) is 4.17. The summed E-state index contributed by atoms with van der Waals surface area (Å²) >= 11 is 1.68. The molecular formula is C8H15NO3S. The van der Waals surface area contributed by atoms with E-state index >= 15 is 0 Å². The first-order valence-corrected chi connectivity index (χ1v) is 5.39. The van der Waals surface area contributed by atoms with E-state index in [-0.39, 0.29) is 6.04 Å². The average Bonchev–Trinajstić information content (AvgIpc) is 2.11. The molecule has 0 aliphatic carbocycles. The Labute approximate surface area is 82.3 Å². The minimum absolute atomic E-state index is 0.0175. The lowest BCUT2D eigenvalue weighted by atomic mass is 10.2. The summed E-state index contributed by atoms with van der Waals surface area (Å²) in [5, 5.41) is 8.43. The first-order chi connectivity index (χ1) is 6.00. The quantitative estimate of drug-likeness (QED) is 0.685. The maximum Gasteiger partial charge on any atom is 0.394 e. The highest BCUT2D eigenvalue weighted by Gasteiger charge is 2.21. The van der Waals surface area contributed by atoms with Crippen molar-refractivity contribution in [3.63, 3.8) is 0 Å². The van der Waals surface area contributed by atoms with Crippen LogP contribution in [0.2, 0.25) is 0 Å². The van der Waals surface area contributed by atoms with Crippen LogP contribution >= 0.6 is 11.8 Å². The second kappa shape index (κ2) is 5.85. The molecule has 13 heavy (non-hydrogen) atoms. The van der Waals surface area contributed by atoms with Crippen molar-refractivity contribution in [2.45, 2.75) is 19.4 Å². The topological polar surface area (TPSA) is 57.6 Å². The Morgan fingerprint density at radius 3 is 2.46 bits per heavy atom. The molecular weight excluding hydrogens is 190 g/mol. The summed E-state index contributed by atoms with van der Waals surface area (Å²) in [5.41, 5.74) is 0. The minimum atomic E-state index is -1.39. The van der Waals surface area contributed by atoms with Crippen LogP contribution in [-0.4, -0.2) is 47.0 Å². The standard InChI is InChI=1S/C8H15NO3S/c1-6(4-5-13-3)9(2)7(10)8(11)12/h6H,4-5H2,1-3H3,(H,11,12). The van der Waals surface area contributed by atoms with Crippen molar-refractivity contribution in [1.82, 2.24) is 4.90 Å². The van der Waals surface area contributed by atoms with Crippen molar-refractivity contribution < 1.29 is 14.7 Å². The maximum atomic E-state index is 11.0. The zero-order chi connectivity index (χ0) is 10.4. The number of rotatable bonds is 4. The lowest BCUT2D eigenvalue weighted by molar-refractivity contribution is -0.156. The van der Waals surface area contributed by atoms with Gasteiger partial charge in [0.25, 0.3) is 0 Å². The normalized spacial score (nSPS) is 12.2. The summed E-state index contributed by atoms with van der Waals surface area (Å²) in [7, 11) is 1.52. The Bertz CT molecular complexity index is 196. The van der Waals surface area contributed by atoms with Crippen molar-refractivity contribution in [2.75, 3.05) is 19.1 Å². The summed E-state index contributed by atoms with van der Waals surface area (Å²) < 4.78 is 0. The molecule has 1 N–H and O–H groups in total.